The van der Waals surface area contributed by atoms with Crippen LogP contribution < -0.4 is 10.6 Å². The Hall–Kier alpha value is -2.26. The lowest BCUT2D eigenvalue weighted by Gasteiger charge is -2.11. The molecule has 0 aliphatic rings. The van der Waals surface area contributed by atoms with Crippen molar-refractivity contribution in [2.45, 2.75) is 40.3 Å². The van der Waals surface area contributed by atoms with Gasteiger partial charge < -0.3 is 10.6 Å². The molecule has 0 bridgehead atoms. The van der Waals surface area contributed by atoms with E-state index in [-0.39, 0.29) is 5.82 Å². The molecule has 0 fully saturated rings. The van der Waals surface area contributed by atoms with Crippen molar-refractivity contribution >= 4 is 38.9 Å². The van der Waals surface area contributed by atoms with E-state index in [2.05, 4.69) is 36.8 Å². The molecule has 2 aromatic heterocycles. The van der Waals surface area contributed by atoms with Gasteiger partial charge in [-0.25, -0.2) is 4.39 Å². The van der Waals surface area contributed by atoms with E-state index in [9.17, 15) is 4.39 Å². The van der Waals surface area contributed by atoms with Gasteiger partial charge in [-0.1, -0.05) is 12.1 Å². The van der Waals surface area contributed by atoms with Crippen LogP contribution >= 0.6 is 28.1 Å². The molecular weight excluding hydrogens is 455 g/mol. The lowest BCUT2D eigenvalue weighted by atomic mass is 10.2. The van der Waals surface area contributed by atoms with Crippen molar-refractivity contribution in [1.29, 1.82) is 0 Å². The van der Waals surface area contributed by atoms with Crippen molar-refractivity contribution in [2.75, 3.05) is 11.9 Å². The first-order valence-electron chi connectivity index (χ1n) is 9.36. The van der Waals surface area contributed by atoms with E-state index in [0.717, 1.165) is 52.3 Å². The third kappa shape index (κ3) is 5.63. The highest BCUT2D eigenvalue weighted by molar-refractivity contribution is 9.10. The number of anilines is 1. The van der Waals surface area contributed by atoms with Crippen molar-refractivity contribution in [2.24, 2.45) is 0 Å². The van der Waals surface area contributed by atoms with Gasteiger partial charge in [0.05, 0.1) is 33.8 Å². The largest absolute Gasteiger partial charge is 0.362 e. The van der Waals surface area contributed by atoms with Crippen LogP contribution in [0.2, 0.25) is 0 Å². The zero-order valence-electron chi connectivity index (χ0n) is 16.7. The topological polar surface area (TPSA) is 59.7 Å². The average Bonchev–Trinajstić information content (AvgIpc) is 3.13. The van der Waals surface area contributed by atoms with Gasteiger partial charge in [0, 0.05) is 19.3 Å². The highest BCUT2D eigenvalue weighted by Crippen LogP contribution is 2.20. The molecule has 0 saturated heterocycles. The Morgan fingerprint density at radius 1 is 1.14 bits per heavy atom. The average molecular weight is 479 g/mol. The fourth-order valence-corrected chi connectivity index (χ4v) is 3.52. The maximum Gasteiger partial charge on any atom is 0.170 e. The summed E-state index contributed by atoms with van der Waals surface area (Å²) in [5.74, 6) is -0.240. The number of hydrogen-bond donors (Lipinski definition) is 2. The second-order valence-corrected chi connectivity index (χ2v) is 8.15. The molecule has 154 valence electrons. The molecule has 0 atom stereocenters. The second-order valence-electron chi connectivity index (χ2n) is 6.89. The molecule has 2 N–H and O–H groups in total. The summed E-state index contributed by atoms with van der Waals surface area (Å²) in [4.78, 5) is 0. The van der Waals surface area contributed by atoms with E-state index in [4.69, 9.17) is 12.2 Å². The van der Waals surface area contributed by atoms with Crippen LogP contribution in [0, 0.1) is 26.6 Å². The number of nitrogens with zero attached hydrogens (tertiary/aromatic N) is 4. The third-order valence-electron chi connectivity index (χ3n) is 4.60. The Labute approximate surface area is 183 Å². The molecule has 0 spiro atoms. The summed E-state index contributed by atoms with van der Waals surface area (Å²) in [6.45, 7) is 8.04. The molecule has 0 aliphatic carbocycles. The van der Waals surface area contributed by atoms with Crippen LogP contribution in [0.25, 0.3) is 0 Å². The Balaban J connectivity index is 1.52. The lowest BCUT2D eigenvalue weighted by molar-refractivity contribution is 0.570. The first-order chi connectivity index (χ1) is 13.8. The highest BCUT2D eigenvalue weighted by atomic mass is 79.9. The zero-order chi connectivity index (χ0) is 21.0. The number of hydrogen-bond acceptors (Lipinski definition) is 3. The molecule has 29 heavy (non-hydrogen) atoms. The number of aromatic nitrogens is 4. The molecule has 0 amide bonds. The van der Waals surface area contributed by atoms with Crippen LogP contribution in [-0.4, -0.2) is 31.2 Å². The van der Waals surface area contributed by atoms with Gasteiger partial charge in [0.2, 0.25) is 0 Å². The van der Waals surface area contributed by atoms with Gasteiger partial charge in [0.25, 0.3) is 0 Å². The number of nitrogens with one attached hydrogen (secondary N) is 2. The molecular formula is C20H24BrFN6S. The maximum atomic E-state index is 13.1. The van der Waals surface area contributed by atoms with Crippen molar-refractivity contribution in [3.8, 4) is 0 Å². The minimum absolute atomic E-state index is 0.240. The minimum atomic E-state index is -0.240. The predicted molar refractivity (Wildman–Crippen MR) is 121 cm³/mol. The van der Waals surface area contributed by atoms with Gasteiger partial charge in [0.1, 0.15) is 5.82 Å². The highest BCUT2D eigenvalue weighted by Gasteiger charge is 2.13. The zero-order valence-corrected chi connectivity index (χ0v) is 19.1. The van der Waals surface area contributed by atoms with E-state index >= 15 is 0 Å². The number of rotatable bonds is 7. The molecule has 9 heteroatoms. The molecule has 0 aliphatic heterocycles. The van der Waals surface area contributed by atoms with Gasteiger partial charge >= 0.3 is 0 Å². The Kier molecular flexibility index (Phi) is 7.02. The molecule has 0 saturated carbocycles. The van der Waals surface area contributed by atoms with Crippen LogP contribution in [0.4, 0.5) is 10.1 Å². The summed E-state index contributed by atoms with van der Waals surface area (Å²) in [5.41, 5.74) is 4.72. The smallest absolute Gasteiger partial charge is 0.170 e. The molecule has 3 aromatic rings. The quantitative estimate of drug-likeness (QED) is 0.390. The van der Waals surface area contributed by atoms with Crippen molar-refractivity contribution in [1.82, 2.24) is 24.9 Å². The maximum absolute atomic E-state index is 13.1. The predicted octanol–water partition coefficient (Wildman–Crippen LogP) is 4.33. The normalized spacial score (nSPS) is 10.9. The Morgan fingerprint density at radius 3 is 2.52 bits per heavy atom. The van der Waals surface area contributed by atoms with Crippen LogP contribution in [0.15, 0.2) is 34.9 Å². The number of thiocarbonyl (C=S) groups is 1. The van der Waals surface area contributed by atoms with Gasteiger partial charge in [-0.2, -0.15) is 10.2 Å². The standard InChI is InChI=1S/C20H24BrFN6S/c1-13-18(21)12-27(25-13)10-4-9-23-20(29)24-19-14(2)26-28(15(19)3)11-16-5-7-17(22)8-6-16/h5-8,12H,4,9-11H2,1-3H3,(H2,23,24,29). The summed E-state index contributed by atoms with van der Waals surface area (Å²) in [6, 6.07) is 6.46. The molecule has 0 unspecified atom stereocenters. The molecule has 3 rings (SSSR count). The van der Waals surface area contributed by atoms with E-state index in [0.29, 0.717) is 11.7 Å². The summed E-state index contributed by atoms with van der Waals surface area (Å²) >= 11 is 8.90. The van der Waals surface area contributed by atoms with Crippen LogP contribution in [-0.2, 0) is 13.1 Å². The molecule has 2 heterocycles. The lowest BCUT2D eigenvalue weighted by Crippen LogP contribution is -2.30. The fraction of sp³-hybridized carbons (Fsp3) is 0.350. The van der Waals surface area contributed by atoms with Gasteiger partial charge in [0.15, 0.2) is 5.11 Å². The van der Waals surface area contributed by atoms with E-state index in [1.807, 2.05) is 36.3 Å². The molecule has 0 radical (unpaired) electrons. The van der Waals surface area contributed by atoms with Crippen molar-refractivity contribution in [3.05, 3.63) is 63.4 Å². The van der Waals surface area contributed by atoms with Crippen LogP contribution in [0.1, 0.15) is 29.1 Å². The van der Waals surface area contributed by atoms with Gasteiger partial charge in [-0.3, -0.25) is 9.36 Å². The SMILES string of the molecule is Cc1nn(CCCNC(=S)Nc2c(C)nn(Cc3ccc(F)cc3)c2C)cc1Br. The summed E-state index contributed by atoms with van der Waals surface area (Å²) < 4.78 is 17.9. The number of halogens is 2. The van der Waals surface area contributed by atoms with E-state index in [1.165, 1.54) is 12.1 Å². The molecule has 1 aromatic carbocycles. The van der Waals surface area contributed by atoms with Crippen molar-refractivity contribution in [3.63, 3.8) is 0 Å². The van der Waals surface area contributed by atoms with Crippen molar-refractivity contribution < 1.29 is 4.39 Å². The fourth-order valence-electron chi connectivity index (χ4n) is 3.00. The van der Waals surface area contributed by atoms with E-state index in [1.54, 1.807) is 12.1 Å². The van der Waals surface area contributed by atoms with Gasteiger partial charge in [-0.05, 0) is 73.0 Å². The number of benzene rings is 1. The summed E-state index contributed by atoms with van der Waals surface area (Å²) in [7, 11) is 0. The summed E-state index contributed by atoms with van der Waals surface area (Å²) in [5, 5.41) is 16.1. The Morgan fingerprint density at radius 2 is 1.86 bits per heavy atom. The Bertz CT molecular complexity index is 976. The first-order valence-corrected chi connectivity index (χ1v) is 10.6. The van der Waals surface area contributed by atoms with Crippen LogP contribution in [0.5, 0.6) is 0 Å². The third-order valence-corrected chi connectivity index (χ3v) is 5.63. The number of aryl methyl sites for hydroxylation is 3. The summed E-state index contributed by atoms with van der Waals surface area (Å²) in [6.07, 6.45) is 2.88. The van der Waals surface area contributed by atoms with Crippen LogP contribution in [0.3, 0.4) is 0 Å². The molecule has 6 nitrogen and oxygen atoms in total. The first kappa shape index (κ1) is 21.4. The second kappa shape index (κ2) is 9.49. The van der Waals surface area contributed by atoms with Gasteiger partial charge in [-0.15, -0.1) is 0 Å². The van der Waals surface area contributed by atoms with E-state index < -0.39 is 0 Å². The monoisotopic (exact) mass is 478 g/mol. The minimum Gasteiger partial charge on any atom is -0.362 e.